The molecule has 14 aromatic rings. The maximum absolute atomic E-state index is 6.87. The van der Waals surface area contributed by atoms with Crippen LogP contribution in [-0.4, -0.2) is 19.5 Å². The van der Waals surface area contributed by atoms with Gasteiger partial charge in [-0.05, 0) is 68.7 Å². The van der Waals surface area contributed by atoms with Crippen LogP contribution in [0.2, 0.25) is 0 Å². The molecule has 6 nitrogen and oxygen atoms in total. The van der Waals surface area contributed by atoms with Crippen LogP contribution in [0.3, 0.4) is 0 Å². The summed E-state index contributed by atoms with van der Waals surface area (Å²) in [5.74, 6) is 1.63. The molecule has 0 aliphatic carbocycles. The van der Waals surface area contributed by atoms with E-state index in [-0.39, 0.29) is 0 Å². The summed E-state index contributed by atoms with van der Waals surface area (Å²) in [5.41, 5.74) is 9.03. The van der Waals surface area contributed by atoms with Crippen molar-refractivity contribution in [3.05, 3.63) is 194 Å². The average molecular weight is 835 g/mol. The highest BCUT2D eigenvalue weighted by molar-refractivity contribution is 6.25. The lowest BCUT2D eigenvalue weighted by Crippen LogP contribution is -2.07. The van der Waals surface area contributed by atoms with Crippen molar-refractivity contribution >= 4 is 98.0 Å². The molecule has 0 aliphatic rings. The van der Waals surface area contributed by atoms with Crippen LogP contribution < -0.4 is 0 Å². The maximum atomic E-state index is 6.87. The Kier molecular flexibility index (Phi) is 8.24. The second-order valence-electron chi connectivity index (χ2n) is 16.3. The zero-order chi connectivity index (χ0) is 43.2. The van der Waals surface area contributed by atoms with E-state index in [4.69, 9.17) is 23.8 Å². The summed E-state index contributed by atoms with van der Waals surface area (Å²) in [6.07, 6.45) is 0. The van der Waals surface area contributed by atoms with E-state index in [1.807, 2.05) is 32.0 Å². The monoisotopic (exact) mass is 834 g/mol. The summed E-state index contributed by atoms with van der Waals surface area (Å²) < 4.78 is 15.5. The lowest BCUT2D eigenvalue weighted by Gasteiger charge is -2.13. The minimum atomic E-state index is 0.512. The van der Waals surface area contributed by atoms with Crippen molar-refractivity contribution in [2.24, 2.45) is 0 Å². The molecule has 6 heteroatoms. The standard InChI is InChI=1S/C57H32N4O2.C2H6/c1-2-14-36-31-37(24-23-33(36)11-1)55-58-56(38-25-28-42-41-17-7-8-22-48(41)62-50(42)32-38)60-57(59-55)61-47-29-26-34-12-3-5-15-39(34)51(47)45-20-9-18-43(53(45)61)44-19-10-21-46-52-40-16-6-4-13-35(40)27-30-49(52)63-54(44)46;1-2/h1-32H;1-2H3. The summed E-state index contributed by atoms with van der Waals surface area (Å²) in [7, 11) is 0. The van der Waals surface area contributed by atoms with E-state index in [0.29, 0.717) is 17.6 Å². The zero-order valence-electron chi connectivity index (χ0n) is 35.6. The molecule has 0 saturated heterocycles. The first-order valence-corrected chi connectivity index (χ1v) is 22.2. The summed E-state index contributed by atoms with van der Waals surface area (Å²) >= 11 is 0. The fraction of sp³-hybridized carbons (Fsp3) is 0.0339. The molecule has 0 N–H and O–H groups in total. The molecule has 0 radical (unpaired) electrons. The van der Waals surface area contributed by atoms with Gasteiger partial charge in [-0.15, -0.1) is 0 Å². The van der Waals surface area contributed by atoms with Crippen molar-refractivity contribution < 1.29 is 8.83 Å². The van der Waals surface area contributed by atoms with Crippen LogP contribution in [0.1, 0.15) is 13.8 Å². The van der Waals surface area contributed by atoms with E-state index in [0.717, 1.165) is 109 Å². The van der Waals surface area contributed by atoms with Crippen LogP contribution >= 0.6 is 0 Å². The van der Waals surface area contributed by atoms with Gasteiger partial charge in [0, 0.05) is 54.6 Å². The first-order chi connectivity index (χ1) is 32.2. The van der Waals surface area contributed by atoms with E-state index in [9.17, 15) is 0 Å². The van der Waals surface area contributed by atoms with Gasteiger partial charge in [0.05, 0.1) is 11.0 Å². The van der Waals surface area contributed by atoms with Gasteiger partial charge in [-0.3, -0.25) is 4.57 Å². The fourth-order valence-electron chi connectivity index (χ4n) is 9.96. The first kappa shape index (κ1) is 37.0. The van der Waals surface area contributed by atoms with Gasteiger partial charge in [0.2, 0.25) is 5.95 Å². The molecule has 0 saturated carbocycles. The van der Waals surface area contributed by atoms with E-state index in [2.05, 4.69) is 180 Å². The summed E-state index contributed by atoms with van der Waals surface area (Å²) in [6.45, 7) is 4.00. The second-order valence-corrected chi connectivity index (χ2v) is 16.3. The van der Waals surface area contributed by atoms with Gasteiger partial charge in [-0.25, -0.2) is 4.98 Å². The highest BCUT2D eigenvalue weighted by Gasteiger charge is 2.24. The van der Waals surface area contributed by atoms with Crippen molar-refractivity contribution in [1.29, 1.82) is 0 Å². The Morgan fingerprint density at radius 2 is 0.954 bits per heavy atom. The van der Waals surface area contributed by atoms with Gasteiger partial charge in [0.25, 0.3) is 0 Å². The normalized spacial score (nSPS) is 11.8. The summed E-state index contributed by atoms with van der Waals surface area (Å²) in [5, 5.41) is 13.5. The molecule has 0 unspecified atom stereocenters. The molecule has 306 valence electrons. The Bertz CT molecular complexity index is 4230. The van der Waals surface area contributed by atoms with Crippen molar-refractivity contribution in [3.8, 4) is 39.9 Å². The Morgan fingerprint density at radius 1 is 0.369 bits per heavy atom. The Morgan fingerprint density at radius 3 is 1.75 bits per heavy atom. The van der Waals surface area contributed by atoms with Crippen molar-refractivity contribution in [2.45, 2.75) is 13.8 Å². The van der Waals surface area contributed by atoms with E-state index >= 15 is 0 Å². The van der Waals surface area contributed by atoms with Crippen molar-refractivity contribution in [3.63, 3.8) is 0 Å². The number of fused-ring (bicyclic) bond motifs is 14. The lowest BCUT2D eigenvalue weighted by molar-refractivity contribution is 0.669. The van der Waals surface area contributed by atoms with Crippen LogP contribution in [0.5, 0.6) is 0 Å². The molecule has 14 rings (SSSR count). The van der Waals surface area contributed by atoms with E-state index < -0.39 is 0 Å². The fourth-order valence-corrected chi connectivity index (χ4v) is 9.96. The van der Waals surface area contributed by atoms with Crippen LogP contribution in [0.4, 0.5) is 0 Å². The molecule has 0 bridgehead atoms. The topological polar surface area (TPSA) is 69.9 Å². The maximum Gasteiger partial charge on any atom is 0.238 e. The number of hydrogen-bond donors (Lipinski definition) is 0. The second kappa shape index (κ2) is 14.5. The minimum absolute atomic E-state index is 0.512. The average Bonchev–Trinajstić information content (AvgIpc) is 4.06. The molecule has 0 spiro atoms. The quantitative estimate of drug-likeness (QED) is 0.177. The molecule has 0 aliphatic heterocycles. The lowest BCUT2D eigenvalue weighted by atomic mass is 9.97. The first-order valence-electron chi connectivity index (χ1n) is 22.2. The number of rotatable bonds is 4. The van der Waals surface area contributed by atoms with E-state index in [1.165, 1.54) is 10.8 Å². The van der Waals surface area contributed by atoms with Gasteiger partial charge in [-0.2, -0.15) is 9.97 Å². The third-order valence-corrected chi connectivity index (χ3v) is 12.8. The van der Waals surface area contributed by atoms with Gasteiger partial charge in [-0.1, -0.05) is 172 Å². The molecular weight excluding hydrogens is 797 g/mol. The smallest absolute Gasteiger partial charge is 0.238 e. The van der Waals surface area contributed by atoms with Gasteiger partial charge < -0.3 is 8.83 Å². The van der Waals surface area contributed by atoms with E-state index in [1.54, 1.807) is 0 Å². The molecule has 0 atom stereocenters. The highest BCUT2D eigenvalue weighted by Crippen LogP contribution is 2.45. The predicted molar refractivity (Wildman–Crippen MR) is 269 cm³/mol. The third-order valence-electron chi connectivity index (χ3n) is 12.8. The molecule has 4 heterocycles. The third kappa shape index (κ3) is 5.63. The molecule has 4 aromatic heterocycles. The zero-order valence-corrected chi connectivity index (χ0v) is 35.6. The van der Waals surface area contributed by atoms with Crippen molar-refractivity contribution in [2.75, 3.05) is 0 Å². The Labute approximate surface area is 372 Å². The number of furan rings is 2. The number of hydrogen-bond acceptors (Lipinski definition) is 5. The number of aromatic nitrogens is 4. The Balaban J connectivity index is 0.00000209. The van der Waals surface area contributed by atoms with Crippen LogP contribution in [0.15, 0.2) is 203 Å². The SMILES string of the molecule is CC.c1ccc2cc(-c3nc(-c4ccc5c(c4)oc4ccccc45)nc(-n4c5ccc6ccccc6c5c5cccc(-c6cccc7c6oc6ccc8ccccc8c67)c54)n3)ccc2c1. The van der Waals surface area contributed by atoms with Crippen LogP contribution in [-0.2, 0) is 0 Å². The van der Waals surface area contributed by atoms with Crippen molar-refractivity contribution in [1.82, 2.24) is 19.5 Å². The number of nitrogens with zero attached hydrogens (tertiary/aromatic N) is 4. The predicted octanol–water partition coefficient (Wildman–Crippen LogP) is 16.3. The number of benzene rings is 10. The van der Waals surface area contributed by atoms with Gasteiger partial charge >= 0.3 is 0 Å². The Hall–Kier alpha value is -8.61. The van der Waals surface area contributed by atoms with Crippen LogP contribution in [0.25, 0.3) is 138 Å². The molecule has 0 fully saturated rings. The van der Waals surface area contributed by atoms with Gasteiger partial charge in [0.15, 0.2) is 11.6 Å². The molecular formula is C59H38N4O2. The van der Waals surface area contributed by atoms with Gasteiger partial charge in [0.1, 0.15) is 22.3 Å². The molecule has 65 heavy (non-hydrogen) atoms. The molecule has 10 aromatic carbocycles. The molecule has 0 amide bonds. The minimum Gasteiger partial charge on any atom is -0.456 e. The number of para-hydroxylation sites is 3. The van der Waals surface area contributed by atoms with Crippen LogP contribution in [0, 0.1) is 0 Å². The summed E-state index contributed by atoms with van der Waals surface area (Å²) in [4.78, 5) is 16.1. The largest absolute Gasteiger partial charge is 0.456 e. The highest BCUT2D eigenvalue weighted by atomic mass is 16.3. The summed E-state index contributed by atoms with van der Waals surface area (Å²) in [6, 6.07) is 68.0.